The predicted octanol–water partition coefficient (Wildman–Crippen LogP) is 3.47. The first kappa shape index (κ1) is 13.3. The maximum atomic E-state index is 6.32. The van der Waals surface area contributed by atoms with E-state index >= 15 is 0 Å². The fourth-order valence-corrected chi connectivity index (χ4v) is 2.71. The van der Waals surface area contributed by atoms with Gasteiger partial charge in [-0.05, 0) is 53.1 Å². The summed E-state index contributed by atoms with van der Waals surface area (Å²) < 4.78 is 7.03. The van der Waals surface area contributed by atoms with Crippen molar-refractivity contribution in [3.8, 4) is 0 Å². The van der Waals surface area contributed by atoms with Gasteiger partial charge in [-0.15, -0.1) is 0 Å². The first-order valence-electron chi connectivity index (χ1n) is 6.29. The van der Waals surface area contributed by atoms with E-state index in [4.69, 9.17) is 10.5 Å². The number of benzene rings is 1. The number of hydrogen-bond donors (Lipinski definition) is 1. The number of halogens is 1. The molecule has 2 N–H and O–H groups in total. The number of nitrogens with two attached hydrogens (primary N) is 1. The zero-order valence-corrected chi connectivity index (χ0v) is 12.3. The van der Waals surface area contributed by atoms with Crippen molar-refractivity contribution in [1.82, 2.24) is 0 Å². The van der Waals surface area contributed by atoms with E-state index < -0.39 is 0 Å². The summed E-state index contributed by atoms with van der Waals surface area (Å²) in [6, 6.07) is 8.45. The Balaban J connectivity index is 1.77. The third-order valence-corrected chi connectivity index (χ3v) is 4.14. The quantitative estimate of drug-likeness (QED) is 0.848. The van der Waals surface area contributed by atoms with Crippen molar-refractivity contribution in [3.05, 3.63) is 33.4 Å². The van der Waals surface area contributed by atoms with Crippen LogP contribution in [0.4, 0.5) is 0 Å². The van der Waals surface area contributed by atoms with E-state index in [1.54, 1.807) is 0 Å². The first-order chi connectivity index (χ1) is 8.18. The van der Waals surface area contributed by atoms with Crippen LogP contribution in [-0.2, 0) is 11.3 Å². The van der Waals surface area contributed by atoms with E-state index in [-0.39, 0.29) is 5.54 Å². The van der Waals surface area contributed by atoms with Crippen molar-refractivity contribution in [2.75, 3.05) is 6.61 Å². The summed E-state index contributed by atoms with van der Waals surface area (Å²) in [6.07, 6.45) is 6.06. The normalized spacial score (nSPS) is 19.2. The number of rotatable bonds is 4. The second-order valence-corrected chi connectivity index (χ2v) is 6.29. The van der Waals surface area contributed by atoms with Crippen molar-refractivity contribution >= 4 is 22.6 Å². The summed E-state index contributed by atoms with van der Waals surface area (Å²) in [5.41, 5.74) is 7.48. The van der Waals surface area contributed by atoms with Gasteiger partial charge in [0.2, 0.25) is 0 Å². The third kappa shape index (κ3) is 4.23. The average Bonchev–Trinajstić information content (AvgIpc) is 2.32. The lowest BCUT2D eigenvalue weighted by molar-refractivity contribution is 0.0574. The molecule has 0 bridgehead atoms. The Labute approximate surface area is 117 Å². The fraction of sp³-hybridized carbons (Fsp3) is 0.571. The zero-order chi connectivity index (χ0) is 12.1. The Morgan fingerprint density at radius 1 is 1.12 bits per heavy atom. The van der Waals surface area contributed by atoms with Crippen LogP contribution in [0.15, 0.2) is 24.3 Å². The molecule has 0 heterocycles. The summed E-state index contributed by atoms with van der Waals surface area (Å²) in [6.45, 7) is 1.37. The molecule has 0 atom stereocenters. The second-order valence-electron chi connectivity index (χ2n) is 5.04. The minimum Gasteiger partial charge on any atom is -0.375 e. The lowest BCUT2D eigenvalue weighted by atomic mass is 9.83. The van der Waals surface area contributed by atoms with Gasteiger partial charge in [0.25, 0.3) is 0 Å². The van der Waals surface area contributed by atoms with Crippen LogP contribution in [0.1, 0.15) is 37.7 Å². The van der Waals surface area contributed by atoms with Gasteiger partial charge in [-0.25, -0.2) is 0 Å². The minimum absolute atomic E-state index is 0.0680. The molecule has 2 rings (SSSR count). The molecule has 0 unspecified atom stereocenters. The molecule has 0 spiro atoms. The Morgan fingerprint density at radius 3 is 2.41 bits per heavy atom. The van der Waals surface area contributed by atoms with E-state index in [9.17, 15) is 0 Å². The molecule has 0 amide bonds. The largest absolute Gasteiger partial charge is 0.375 e. The van der Waals surface area contributed by atoms with Crippen molar-refractivity contribution < 1.29 is 4.74 Å². The van der Waals surface area contributed by atoms with E-state index in [1.165, 1.54) is 28.4 Å². The molecule has 94 valence electrons. The molecule has 1 aliphatic carbocycles. The molecule has 3 heteroatoms. The summed E-state index contributed by atoms with van der Waals surface area (Å²) in [5.74, 6) is 0. The van der Waals surface area contributed by atoms with E-state index in [1.807, 2.05) is 0 Å². The summed E-state index contributed by atoms with van der Waals surface area (Å²) in [4.78, 5) is 0. The topological polar surface area (TPSA) is 35.2 Å². The van der Waals surface area contributed by atoms with Gasteiger partial charge in [-0.1, -0.05) is 31.4 Å². The van der Waals surface area contributed by atoms with Crippen LogP contribution < -0.4 is 5.73 Å². The summed E-state index contributed by atoms with van der Waals surface area (Å²) >= 11 is 2.31. The van der Waals surface area contributed by atoms with Gasteiger partial charge in [0.1, 0.15) is 0 Å². The number of hydrogen-bond acceptors (Lipinski definition) is 2. The van der Waals surface area contributed by atoms with Gasteiger partial charge in [-0.3, -0.25) is 0 Å². The molecule has 2 nitrogen and oxygen atoms in total. The molecule has 1 aromatic carbocycles. The lowest BCUT2D eigenvalue weighted by Crippen LogP contribution is -2.46. The Kier molecular flexibility index (Phi) is 4.82. The van der Waals surface area contributed by atoms with E-state index in [2.05, 4.69) is 46.9 Å². The van der Waals surface area contributed by atoms with Crippen LogP contribution in [0.3, 0.4) is 0 Å². The van der Waals surface area contributed by atoms with Gasteiger partial charge in [-0.2, -0.15) is 0 Å². The van der Waals surface area contributed by atoms with Crippen LogP contribution in [0.25, 0.3) is 0 Å². The maximum absolute atomic E-state index is 6.32. The highest BCUT2D eigenvalue weighted by Crippen LogP contribution is 2.26. The highest BCUT2D eigenvalue weighted by molar-refractivity contribution is 14.1. The van der Waals surface area contributed by atoms with Gasteiger partial charge in [0.05, 0.1) is 13.2 Å². The van der Waals surface area contributed by atoms with Gasteiger partial charge >= 0.3 is 0 Å². The summed E-state index contributed by atoms with van der Waals surface area (Å²) in [7, 11) is 0. The molecule has 1 aliphatic rings. The molecule has 17 heavy (non-hydrogen) atoms. The van der Waals surface area contributed by atoms with Crippen LogP contribution in [0.2, 0.25) is 0 Å². The van der Waals surface area contributed by atoms with Crippen molar-refractivity contribution in [3.63, 3.8) is 0 Å². The molecular formula is C14H20INO. The molecule has 0 aliphatic heterocycles. The second kappa shape index (κ2) is 6.16. The maximum Gasteiger partial charge on any atom is 0.0717 e. The monoisotopic (exact) mass is 345 g/mol. The SMILES string of the molecule is NC1(COCc2ccc(I)cc2)CCCCC1. The Bertz CT molecular complexity index is 344. The van der Waals surface area contributed by atoms with Crippen LogP contribution >= 0.6 is 22.6 Å². The van der Waals surface area contributed by atoms with E-state index in [0.717, 1.165) is 12.8 Å². The zero-order valence-electron chi connectivity index (χ0n) is 10.1. The molecule has 0 radical (unpaired) electrons. The van der Waals surface area contributed by atoms with Gasteiger partial charge in [0.15, 0.2) is 0 Å². The minimum atomic E-state index is -0.0680. The van der Waals surface area contributed by atoms with Crippen molar-refractivity contribution in [1.29, 1.82) is 0 Å². The fourth-order valence-electron chi connectivity index (χ4n) is 2.35. The average molecular weight is 345 g/mol. The number of ether oxygens (including phenoxy) is 1. The predicted molar refractivity (Wildman–Crippen MR) is 78.8 cm³/mol. The molecule has 1 aromatic rings. The molecular weight excluding hydrogens is 325 g/mol. The lowest BCUT2D eigenvalue weighted by Gasteiger charge is -2.33. The van der Waals surface area contributed by atoms with Crippen LogP contribution in [-0.4, -0.2) is 12.1 Å². The van der Waals surface area contributed by atoms with Crippen LogP contribution in [0, 0.1) is 3.57 Å². The molecule has 0 saturated heterocycles. The molecule has 1 fully saturated rings. The Morgan fingerprint density at radius 2 is 1.76 bits per heavy atom. The summed E-state index contributed by atoms with van der Waals surface area (Å²) in [5, 5.41) is 0. The van der Waals surface area contributed by atoms with Gasteiger partial charge in [0, 0.05) is 9.11 Å². The van der Waals surface area contributed by atoms with Crippen molar-refractivity contribution in [2.45, 2.75) is 44.2 Å². The molecule has 0 aromatic heterocycles. The Hall–Kier alpha value is -0.130. The van der Waals surface area contributed by atoms with Crippen LogP contribution in [0.5, 0.6) is 0 Å². The van der Waals surface area contributed by atoms with E-state index in [0.29, 0.717) is 13.2 Å². The first-order valence-corrected chi connectivity index (χ1v) is 7.37. The highest BCUT2D eigenvalue weighted by atomic mass is 127. The standard InChI is InChI=1S/C14H20INO/c15-13-6-4-12(5-7-13)10-17-11-14(16)8-2-1-3-9-14/h4-7H,1-3,8-11,16H2. The smallest absolute Gasteiger partial charge is 0.0717 e. The highest BCUT2D eigenvalue weighted by Gasteiger charge is 2.27. The molecule has 1 saturated carbocycles. The van der Waals surface area contributed by atoms with Crippen molar-refractivity contribution in [2.24, 2.45) is 5.73 Å². The van der Waals surface area contributed by atoms with Gasteiger partial charge < -0.3 is 10.5 Å². The third-order valence-electron chi connectivity index (χ3n) is 3.42.